The summed E-state index contributed by atoms with van der Waals surface area (Å²) in [7, 11) is 0. The molecule has 0 bridgehead atoms. The molecule has 0 saturated carbocycles. The third kappa shape index (κ3) is 3.17. The third-order valence-corrected chi connectivity index (χ3v) is 3.11. The fraction of sp³-hybridized carbons (Fsp3) is 0.0714. The molecular formula is C14H9BrF2O2. The number of ketones is 1. The number of ether oxygens (including phenoxy) is 1. The molecule has 0 aliphatic carbocycles. The first kappa shape index (κ1) is 13.7. The van der Waals surface area contributed by atoms with Gasteiger partial charge >= 0.3 is 0 Å². The Morgan fingerprint density at radius 3 is 2.47 bits per heavy atom. The minimum Gasteiger partial charge on any atom is -0.453 e. The minimum absolute atomic E-state index is 0.0729. The maximum absolute atomic E-state index is 13.7. The summed E-state index contributed by atoms with van der Waals surface area (Å²) in [5.41, 5.74) is 0.253. The molecule has 0 fully saturated rings. The zero-order valence-electron chi connectivity index (χ0n) is 9.91. The molecule has 2 aromatic carbocycles. The standard InChI is InChI=1S/C14H9BrF2O2/c1-8(18)9-2-5-13(12(17)6-9)19-14-7-10(16)3-4-11(14)15/h2-7H,1H3. The van der Waals surface area contributed by atoms with E-state index < -0.39 is 11.6 Å². The Morgan fingerprint density at radius 2 is 1.84 bits per heavy atom. The predicted octanol–water partition coefficient (Wildman–Crippen LogP) is 4.72. The van der Waals surface area contributed by atoms with Gasteiger partial charge in [-0.2, -0.15) is 0 Å². The van der Waals surface area contributed by atoms with E-state index in [2.05, 4.69) is 15.9 Å². The Labute approximate surface area is 117 Å². The molecular weight excluding hydrogens is 318 g/mol. The number of halogens is 3. The average molecular weight is 327 g/mol. The van der Waals surface area contributed by atoms with Crippen LogP contribution in [0.25, 0.3) is 0 Å². The fourth-order valence-corrected chi connectivity index (χ4v) is 1.80. The van der Waals surface area contributed by atoms with Gasteiger partial charge in [-0.15, -0.1) is 0 Å². The van der Waals surface area contributed by atoms with Crippen molar-refractivity contribution in [1.29, 1.82) is 0 Å². The highest BCUT2D eigenvalue weighted by atomic mass is 79.9. The highest BCUT2D eigenvalue weighted by Gasteiger charge is 2.10. The van der Waals surface area contributed by atoms with Gasteiger partial charge in [0.2, 0.25) is 0 Å². The summed E-state index contributed by atoms with van der Waals surface area (Å²) in [6.07, 6.45) is 0. The highest BCUT2D eigenvalue weighted by Crippen LogP contribution is 2.31. The molecule has 0 spiro atoms. The molecule has 0 heterocycles. The van der Waals surface area contributed by atoms with E-state index in [1.54, 1.807) is 0 Å². The normalized spacial score (nSPS) is 10.3. The molecule has 2 rings (SSSR count). The van der Waals surface area contributed by atoms with E-state index in [0.29, 0.717) is 4.47 Å². The van der Waals surface area contributed by atoms with Gasteiger partial charge in [0.15, 0.2) is 17.3 Å². The summed E-state index contributed by atoms with van der Waals surface area (Å²) < 4.78 is 32.6. The number of carbonyl (C=O) groups excluding carboxylic acids is 1. The number of Topliss-reactive ketones (excluding diaryl/α,β-unsaturated/α-hetero) is 1. The van der Waals surface area contributed by atoms with Crippen LogP contribution >= 0.6 is 15.9 Å². The molecule has 2 aromatic rings. The van der Waals surface area contributed by atoms with Crippen molar-refractivity contribution in [2.75, 3.05) is 0 Å². The lowest BCUT2D eigenvalue weighted by atomic mass is 10.1. The summed E-state index contributed by atoms with van der Waals surface area (Å²) in [5.74, 6) is -1.31. The molecule has 0 aromatic heterocycles. The molecule has 98 valence electrons. The van der Waals surface area contributed by atoms with Crippen LogP contribution in [0.5, 0.6) is 11.5 Å². The van der Waals surface area contributed by atoms with Gasteiger partial charge in [0.25, 0.3) is 0 Å². The lowest BCUT2D eigenvalue weighted by Gasteiger charge is -2.09. The van der Waals surface area contributed by atoms with Crippen molar-refractivity contribution in [2.24, 2.45) is 0 Å². The lowest BCUT2D eigenvalue weighted by Crippen LogP contribution is -1.95. The molecule has 2 nitrogen and oxygen atoms in total. The van der Waals surface area contributed by atoms with Crippen LogP contribution in [0.15, 0.2) is 40.9 Å². The van der Waals surface area contributed by atoms with Gasteiger partial charge in [-0.3, -0.25) is 4.79 Å². The minimum atomic E-state index is -0.677. The zero-order valence-corrected chi connectivity index (χ0v) is 11.5. The van der Waals surface area contributed by atoms with Crippen LogP contribution in [0.2, 0.25) is 0 Å². The maximum Gasteiger partial charge on any atom is 0.166 e. The van der Waals surface area contributed by atoms with E-state index >= 15 is 0 Å². The summed E-state index contributed by atoms with van der Waals surface area (Å²) in [6.45, 7) is 1.35. The monoisotopic (exact) mass is 326 g/mol. The van der Waals surface area contributed by atoms with Gasteiger partial charge < -0.3 is 4.74 Å². The molecule has 5 heteroatoms. The summed E-state index contributed by atoms with van der Waals surface area (Å²) in [4.78, 5) is 11.1. The lowest BCUT2D eigenvalue weighted by molar-refractivity contribution is 0.101. The molecule has 0 unspecified atom stereocenters. The Morgan fingerprint density at radius 1 is 1.11 bits per heavy atom. The van der Waals surface area contributed by atoms with Crippen LogP contribution < -0.4 is 4.74 Å². The Hall–Kier alpha value is -1.75. The number of carbonyl (C=O) groups is 1. The van der Waals surface area contributed by atoms with Crippen LogP contribution in [0, 0.1) is 11.6 Å². The van der Waals surface area contributed by atoms with Gasteiger partial charge in [-0.1, -0.05) is 0 Å². The van der Waals surface area contributed by atoms with E-state index in [0.717, 1.165) is 12.1 Å². The van der Waals surface area contributed by atoms with E-state index in [4.69, 9.17) is 4.74 Å². The third-order valence-electron chi connectivity index (χ3n) is 2.45. The van der Waals surface area contributed by atoms with E-state index in [-0.39, 0.29) is 22.8 Å². The van der Waals surface area contributed by atoms with Gasteiger partial charge in [0.05, 0.1) is 4.47 Å². The summed E-state index contributed by atoms with van der Waals surface area (Å²) in [5, 5.41) is 0. The summed E-state index contributed by atoms with van der Waals surface area (Å²) in [6, 6.07) is 7.74. The SMILES string of the molecule is CC(=O)c1ccc(Oc2cc(F)ccc2Br)c(F)c1. The molecule has 0 N–H and O–H groups in total. The van der Waals surface area contributed by atoms with Crippen molar-refractivity contribution >= 4 is 21.7 Å². The van der Waals surface area contributed by atoms with Gasteiger partial charge in [-0.05, 0) is 53.2 Å². The van der Waals surface area contributed by atoms with Crippen LogP contribution in [0.3, 0.4) is 0 Å². The Bertz CT molecular complexity index is 641. The topological polar surface area (TPSA) is 26.3 Å². The van der Waals surface area contributed by atoms with E-state index in [1.165, 1.54) is 31.2 Å². The molecule has 0 radical (unpaired) electrons. The number of rotatable bonds is 3. The number of benzene rings is 2. The molecule has 0 aliphatic rings. The average Bonchev–Trinajstić information content (AvgIpc) is 2.36. The van der Waals surface area contributed by atoms with Crippen molar-refractivity contribution in [3.8, 4) is 11.5 Å². The number of hydrogen-bond donors (Lipinski definition) is 0. The van der Waals surface area contributed by atoms with Crippen molar-refractivity contribution < 1.29 is 18.3 Å². The quantitative estimate of drug-likeness (QED) is 0.763. The van der Waals surface area contributed by atoms with Crippen molar-refractivity contribution in [3.05, 3.63) is 58.1 Å². The van der Waals surface area contributed by atoms with Gasteiger partial charge in [0.1, 0.15) is 11.6 Å². The second-order valence-corrected chi connectivity index (χ2v) is 4.73. The van der Waals surface area contributed by atoms with Crippen LogP contribution in [-0.2, 0) is 0 Å². The largest absolute Gasteiger partial charge is 0.453 e. The first-order valence-corrected chi connectivity index (χ1v) is 6.20. The maximum atomic E-state index is 13.7. The Balaban J connectivity index is 2.33. The predicted molar refractivity (Wildman–Crippen MR) is 70.6 cm³/mol. The molecule has 0 atom stereocenters. The molecule has 0 aliphatic heterocycles. The smallest absolute Gasteiger partial charge is 0.166 e. The second-order valence-electron chi connectivity index (χ2n) is 3.88. The van der Waals surface area contributed by atoms with Crippen molar-refractivity contribution in [3.63, 3.8) is 0 Å². The van der Waals surface area contributed by atoms with E-state index in [9.17, 15) is 13.6 Å². The van der Waals surface area contributed by atoms with Crippen molar-refractivity contribution in [1.82, 2.24) is 0 Å². The highest BCUT2D eigenvalue weighted by molar-refractivity contribution is 9.10. The van der Waals surface area contributed by atoms with Crippen molar-refractivity contribution in [2.45, 2.75) is 6.92 Å². The first-order valence-electron chi connectivity index (χ1n) is 5.41. The van der Waals surface area contributed by atoms with E-state index in [1.807, 2.05) is 0 Å². The molecule has 19 heavy (non-hydrogen) atoms. The van der Waals surface area contributed by atoms with Crippen LogP contribution in [0.4, 0.5) is 8.78 Å². The molecule has 0 amide bonds. The second kappa shape index (κ2) is 5.48. The number of hydrogen-bond acceptors (Lipinski definition) is 2. The fourth-order valence-electron chi connectivity index (χ4n) is 1.48. The zero-order chi connectivity index (χ0) is 14.0. The first-order chi connectivity index (χ1) is 8.97. The molecule has 0 saturated heterocycles. The van der Waals surface area contributed by atoms with Gasteiger partial charge in [-0.25, -0.2) is 8.78 Å². The van der Waals surface area contributed by atoms with Crippen LogP contribution in [-0.4, -0.2) is 5.78 Å². The Kier molecular flexibility index (Phi) is 3.95. The van der Waals surface area contributed by atoms with Gasteiger partial charge in [0, 0.05) is 11.6 Å². The van der Waals surface area contributed by atoms with Crippen LogP contribution in [0.1, 0.15) is 17.3 Å². The summed E-state index contributed by atoms with van der Waals surface area (Å²) >= 11 is 3.18.